The molecular weight excluding hydrogens is 251 g/mol. The highest BCUT2D eigenvalue weighted by Gasteiger charge is 2.05. The maximum atomic E-state index is 13.6. The number of benzene rings is 2. The molecule has 2 rings (SSSR count). The Bertz CT molecular complexity index is 537. The van der Waals surface area contributed by atoms with Crippen molar-refractivity contribution in [1.29, 1.82) is 0 Å². The summed E-state index contributed by atoms with van der Waals surface area (Å²) in [4.78, 5) is 2.12. The average Bonchev–Trinajstić information content (AvgIpc) is 2.44. The normalized spacial score (nSPS) is 11.0. The van der Waals surface area contributed by atoms with Gasteiger partial charge in [-0.05, 0) is 31.3 Å². The van der Waals surface area contributed by atoms with E-state index in [4.69, 9.17) is 0 Å². The summed E-state index contributed by atoms with van der Waals surface area (Å²) in [5.41, 5.74) is 3.25. The van der Waals surface area contributed by atoms with Gasteiger partial charge in [0.25, 0.3) is 0 Å². The Morgan fingerprint density at radius 2 is 1.60 bits per heavy atom. The number of nitrogens with one attached hydrogen (secondary N) is 1. The first-order chi connectivity index (χ1) is 9.69. The molecule has 0 heterocycles. The first kappa shape index (κ1) is 14.7. The monoisotopic (exact) mass is 272 g/mol. The number of hydrogen-bond acceptors (Lipinski definition) is 2. The third kappa shape index (κ3) is 4.15. The second-order valence-electron chi connectivity index (χ2n) is 5.11. The number of halogens is 1. The minimum atomic E-state index is -0.135. The Labute approximate surface area is 120 Å². The van der Waals surface area contributed by atoms with E-state index in [1.54, 1.807) is 6.07 Å². The molecule has 0 radical (unpaired) electrons. The third-order valence-corrected chi connectivity index (χ3v) is 3.25. The van der Waals surface area contributed by atoms with Crippen LogP contribution in [0.3, 0.4) is 0 Å². The van der Waals surface area contributed by atoms with Crippen LogP contribution in [0.4, 0.5) is 4.39 Å². The van der Waals surface area contributed by atoms with Crippen LogP contribution in [0.5, 0.6) is 0 Å². The highest BCUT2D eigenvalue weighted by Crippen LogP contribution is 2.12. The van der Waals surface area contributed by atoms with E-state index in [0.29, 0.717) is 6.54 Å². The van der Waals surface area contributed by atoms with Crippen molar-refractivity contribution in [1.82, 2.24) is 10.2 Å². The number of hydrogen-bond donors (Lipinski definition) is 1. The van der Waals surface area contributed by atoms with Crippen molar-refractivity contribution in [3.63, 3.8) is 0 Å². The van der Waals surface area contributed by atoms with Crippen molar-refractivity contribution < 1.29 is 4.39 Å². The van der Waals surface area contributed by atoms with Crippen molar-refractivity contribution in [2.75, 3.05) is 14.1 Å². The minimum Gasteiger partial charge on any atom is -0.316 e. The zero-order valence-electron chi connectivity index (χ0n) is 12.1. The minimum absolute atomic E-state index is 0.135. The summed E-state index contributed by atoms with van der Waals surface area (Å²) < 4.78 is 13.6. The lowest BCUT2D eigenvalue weighted by Crippen LogP contribution is -2.18. The summed E-state index contributed by atoms with van der Waals surface area (Å²) >= 11 is 0. The largest absolute Gasteiger partial charge is 0.316 e. The van der Waals surface area contributed by atoms with E-state index in [2.05, 4.69) is 34.5 Å². The zero-order valence-corrected chi connectivity index (χ0v) is 12.1. The molecule has 0 unspecified atom stereocenters. The second-order valence-corrected chi connectivity index (χ2v) is 5.11. The molecular formula is C17H21FN2. The van der Waals surface area contributed by atoms with E-state index >= 15 is 0 Å². The summed E-state index contributed by atoms with van der Waals surface area (Å²) in [5, 5.41) is 3.13. The van der Waals surface area contributed by atoms with E-state index in [-0.39, 0.29) is 5.82 Å². The molecule has 2 aromatic carbocycles. The Balaban J connectivity index is 1.94. The molecule has 0 aliphatic carbocycles. The van der Waals surface area contributed by atoms with Gasteiger partial charge in [-0.25, -0.2) is 4.39 Å². The molecule has 20 heavy (non-hydrogen) atoms. The predicted molar refractivity (Wildman–Crippen MR) is 80.8 cm³/mol. The summed E-state index contributed by atoms with van der Waals surface area (Å²) in [5.74, 6) is -0.135. The van der Waals surface area contributed by atoms with Crippen LogP contribution in [0, 0.1) is 5.82 Å². The van der Waals surface area contributed by atoms with Crippen LogP contribution in [-0.4, -0.2) is 19.0 Å². The van der Waals surface area contributed by atoms with Crippen molar-refractivity contribution >= 4 is 0 Å². The molecule has 0 fully saturated rings. The maximum absolute atomic E-state index is 13.6. The smallest absolute Gasteiger partial charge is 0.127 e. The number of nitrogens with zero attached hydrogens (tertiary/aromatic N) is 1. The summed E-state index contributed by atoms with van der Waals surface area (Å²) in [6, 6.07) is 15.5. The predicted octanol–water partition coefficient (Wildman–Crippen LogP) is 3.18. The van der Waals surface area contributed by atoms with Gasteiger partial charge in [0.2, 0.25) is 0 Å². The standard InChI is InChI=1S/C17H21FN2/c1-19-11-14-7-9-15(10-8-14)12-20(2)13-16-5-3-4-6-17(16)18/h3-10,19H,11-13H2,1-2H3. The molecule has 0 saturated carbocycles. The van der Waals surface area contributed by atoms with E-state index in [1.807, 2.05) is 26.2 Å². The molecule has 0 spiro atoms. The van der Waals surface area contributed by atoms with Gasteiger partial charge in [0, 0.05) is 25.2 Å². The van der Waals surface area contributed by atoms with E-state index < -0.39 is 0 Å². The van der Waals surface area contributed by atoms with Crippen LogP contribution in [-0.2, 0) is 19.6 Å². The van der Waals surface area contributed by atoms with Gasteiger partial charge in [-0.2, -0.15) is 0 Å². The van der Waals surface area contributed by atoms with Gasteiger partial charge in [-0.1, -0.05) is 42.5 Å². The first-order valence-electron chi connectivity index (χ1n) is 6.83. The molecule has 0 saturated heterocycles. The van der Waals surface area contributed by atoms with Crippen LogP contribution in [0.25, 0.3) is 0 Å². The molecule has 106 valence electrons. The van der Waals surface area contributed by atoms with Gasteiger partial charge in [-0.15, -0.1) is 0 Å². The van der Waals surface area contributed by atoms with Gasteiger partial charge in [0.1, 0.15) is 5.82 Å². The van der Waals surface area contributed by atoms with Crippen LogP contribution in [0.15, 0.2) is 48.5 Å². The molecule has 1 N–H and O–H groups in total. The van der Waals surface area contributed by atoms with Crippen LogP contribution < -0.4 is 5.32 Å². The molecule has 3 heteroatoms. The molecule has 0 bridgehead atoms. The van der Waals surface area contributed by atoms with Gasteiger partial charge in [0.15, 0.2) is 0 Å². The quantitative estimate of drug-likeness (QED) is 0.869. The lowest BCUT2D eigenvalue weighted by atomic mass is 10.1. The van der Waals surface area contributed by atoms with Crippen molar-refractivity contribution in [2.24, 2.45) is 0 Å². The van der Waals surface area contributed by atoms with Gasteiger partial charge < -0.3 is 5.32 Å². The first-order valence-corrected chi connectivity index (χ1v) is 6.83. The molecule has 0 atom stereocenters. The molecule has 0 aliphatic rings. The van der Waals surface area contributed by atoms with Crippen LogP contribution >= 0.6 is 0 Å². The fourth-order valence-electron chi connectivity index (χ4n) is 2.25. The molecule has 2 nitrogen and oxygen atoms in total. The SMILES string of the molecule is CNCc1ccc(CN(C)Cc2ccccc2F)cc1. The molecule has 0 aromatic heterocycles. The molecule has 0 amide bonds. The maximum Gasteiger partial charge on any atom is 0.127 e. The van der Waals surface area contributed by atoms with E-state index in [9.17, 15) is 4.39 Å². The molecule has 2 aromatic rings. The Morgan fingerprint density at radius 1 is 0.950 bits per heavy atom. The molecule has 0 aliphatic heterocycles. The van der Waals surface area contributed by atoms with E-state index in [0.717, 1.165) is 18.7 Å². The van der Waals surface area contributed by atoms with Gasteiger partial charge in [-0.3, -0.25) is 4.90 Å². The van der Waals surface area contributed by atoms with Crippen molar-refractivity contribution in [2.45, 2.75) is 19.6 Å². The lowest BCUT2D eigenvalue weighted by Gasteiger charge is -2.17. The van der Waals surface area contributed by atoms with Gasteiger partial charge in [0.05, 0.1) is 0 Å². The zero-order chi connectivity index (χ0) is 14.4. The fraction of sp³-hybridized carbons (Fsp3) is 0.294. The summed E-state index contributed by atoms with van der Waals surface area (Å²) in [7, 11) is 3.95. The third-order valence-electron chi connectivity index (χ3n) is 3.25. The van der Waals surface area contributed by atoms with Crippen molar-refractivity contribution in [3.8, 4) is 0 Å². The average molecular weight is 272 g/mol. The Hall–Kier alpha value is -1.71. The van der Waals surface area contributed by atoms with E-state index in [1.165, 1.54) is 17.2 Å². The highest BCUT2D eigenvalue weighted by molar-refractivity contribution is 5.23. The Morgan fingerprint density at radius 3 is 2.25 bits per heavy atom. The topological polar surface area (TPSA) is 15.3 Å². The Kier molecular flexibility index (Phi) is 5.27. The van der Waals surface area contributed by atoms with Crippen molar-refractivity contribution in [3.05, 3.63) is 71.0 Å². The van der Waals surface area contributed by atoms with Gasteiger partial charge >= 0.3 is 0 Å². The second kappa shape index (κ2) is 7.17. The summed E-state index contributed by atoms with van der Waals surface area (Å²) in [6.07, 6.45) is 0. The van der Waals surface area contributed by atoms with Crippen LogP contribution in [0.2, 0.25) is 0 Å². The number of rotatable bonds is 6. The fourth-order valence-corrected chi connectivity index (χ4v) is 2.25. The lowest BCUT2D eigenvalue weighted by molar-refractivity contribution is 0.313. The highest BCUT2D eigenvalue weighted by atomic mass is 19.1. The summed E-state index contributed by atoms with van der Waals surface area (Å²) in [6.45, 7) is 2.31. The van der Waals surface area contributed by atoms with Crippen LogP contribution in [0.1, 0.15) is 16.7 Å².